The summed E-state index contributed by atoms with van der Waals surface area (Å²) in [5.74, 6) is 0.131. The maximum absolute atomic E-state index is 12.0. The predicted octanol–water partition coefficient (Wildman–Crippen LogP) is 2.83. The Hall–Kier alpha value is -0.140. The summed E-state index contributed by atoms with van der Waals surface area (Å²) in [4.78, 5) is 0. The smallest absolute Gasteiger partial charge is 0.0950 e. The van der Waals surface area contributed by atoms with Gasteiger partial charge in [-0.2, -0.15) is 0 Å². The lowest BCUT2D eigenvalue weighted by Gasteiger charge is -2.21. The molecule has 0 aliphatic carbocycles. The molecule has 0 aliphatic heterocycles. The van der Waals surface area contributed by atoms with Crippen molar-refractivity contribution in [2.75, 3.05) is 13.3 Å². The van der Waals surface area contributed by atoms with Crippen LogP contribution in [0.3, 0.4) is 0 Å². The lowest BCUT2D eigenvalue weighted by atomic mass is 9.87. The largest absolute Gasteiger partial charge is 0.251 e. The standard InChI is InChI=1S/C8H16F2/c1-6(2)7(3)8(4-9)5-10/h6-8H,4-5H2,1-3H3. The molecular formula is C8H16F2. The highest BCUT2D eigenvalue weighted by molar-refractivity contribution is 4.67. The normalized spacial score (nSPS) is 14.7. The van der Waals surface area contributed by atoms with Gasteiger partial charge in [0.25, 0.3) is 0 Å². The van der Waals surface area contributed by atoms with Gasteiger partial charge in [-0.15, -0.1) is 0 Å². The first kappa shape index (κ1) is 9.86. The Kier molecular flexibility index (Phi) is 4.58. The number of halogens is 2. The molecule has 10 heavy (non-hydrogen) atoms. The zero-order chi connectivity index (χ0) is 8.15. The Balaban J connectivity index is 3.76. The number of hydrogen-bond acceptors (Lipinski definition) is 0. The molecule has 0 fully saturated rings. The van der Waals surface area contributed by atoms with E-state index in [1.807, 2.05) is 20.8 Å². The molecule has 0 amide bonds. The molecule has 0 aliphatic rings. The zero-order valence-electron chi connectivity index (χ0n) is 6.90. The summed E-state index contributed by atoms with van der Waals surface area (Å²) in [5, 5.41) is 0. The maximum Gasteiger partial charge on any atom is 0.0950 e. The Morgan fingerprint density at radius 3 is 1.50 bits per heavy atom. The van der Waals surface area contributed by atoms with Crippen molar-refractivity contribution < 1.29 is 8.78 Å². The molecule has 0 aromatic carbocycles. The zero-order valence-corrected chi connectivity index (χ0v) is 6.90. The van der Waals surface area contributed by atoms with Crippen LogP contribution in [-0.2, 0) is 0 Å². The van der Waals surface area contributed by atoms with Gasteiger partial charge >= 0.3 is 0 Å². The molecule has 0 spiro atoms. The van der Waals surface area contributed by atoms with Crippen LogP contribution in [0.25, 0.3) is 0 Å². The van der Waals surface area contributed by atoms with Crippen LogP contribution in [0.1, 0.15) is 20.8 Å². The van der Waals surface area contributed by atoms with Crippen molar-refractivity contribution in [2.24, 2.45) is 17.8 Å². The summed E-state index contributed by atoms with van der Waals surface area (Å²) in [7, 11) is 0. The average Bonchev–Trinajstić information content (AvgIpc) is 1.90. The van der Waals surface area contributed by atoms with Crippen LogP contribution in [-0.4, -0.2) is 13.3 Å². The van der Waals surface area contributed by atoms with E-state index in [-0.39, 0.29) is 11.8 Å². The fourth-order valence-electron chi connectivity index (χ4n) is 0.867. The summed E-state index contributed by atoms with van der Waals surface area (Å²) in [6.07, 6.45) is 0. The van der Waals surface area contributed by atoms with Gasteiger partial charge in [0.15, 0.2) is 0 Å². The van der Waals surface area contributed by atoms with Gasteiger partial charge in [-0.1, -0.05) is 20.8 Å². The van der Waals surface area contributed by atoms with Gasteiger partial charge in [0, 0.05) is 5.92 Å². The minimum atomic E-state index is -0.532. The van der Waals surface area contributed by atoms with E-state index < -0.39 is 13.3 Å². The SMILES string of the molecule is CC(C)C(C)C(CF)CF. The van der Waals surface area contributed by atoms with Crippen LogP contribution in [0.2, 0.25) is 0 Å². The van der Waals surface area contributed by atoms with Crippen molar-refractivity contribution in [2.45, 2.75) is 20.8 Å². The summed E-state index contributed by atoms with van der Waals surface area (Å²) in [6, 6.07) is 0. The van der Waals surface area contributed by atoms with Gasteiger partial charge < -0.3 is 0 Å². The maximum atomic E-state index is 12.0. The molecule has 0 nitrogen and oxygen atoms in total. The Labute approximate surface area is 61.6 Å². The van der Waals surface area contributed by atoms with Crippen molar-refractivity contribution in [1.82, 2.24) is 0 Å². The van der Waals surface area contributed by atoms with Gasteiger partial charge in [-0.05, 0) is 11.8 Å². The van der Waals surface area contributed by atoms with E-state index in [4.69, 9.17) is 0 Å². The highest BCUT2D eigenvalue weighted by atomic mass is 19.1. The minimum absolute atomic E-state index is 0.148. The van der Waals surface area contributed by atoms with Gasteiger partial charge in [-0.3, -0.25) is 8.78 Å². The van der Waals surface area contributed by atoms with E-state index in [2.05, 4.69) is 0 Å². The highest BCUT2D eigenvalue weighted by Crippen LogP contribution is 2.20. The van der Waals surface area contributed by atoms with Crippen LogP contribution in [0.4, 0.5) is 8.78 Å². The Morgan fingerprint density at radius 1 is 1.00 bits per heavy atom. The summed E-state index contributed by atoms with van der Waals surface area (Å²) >= 11 is 0. The van der Waals surface area contributed by atoms with Crippen molar-refractivity contribution in [3.8, 4) is 0 Å². The van der Waals surface area contributed by atoms with Gasteiger partial charge in [-0.25, -0.2) is 0 Å². The molecule has 62 valence electrons. The molecular weight excluding hydrogens is 134 g/mol. The minimum Gasteiger partial charge on any atom is -0.251 e. The van der Waals surface area contributed by atoms with Gasteiger partial charge in [0.2, 0.25) is 0 Å². The van der Waals surface area contributed by atoms with E-state index in [1.54, 1.807) is 0 Å². The van der Waals surface area contributed by atoms with Crippen molar-refractivity contribution >= 4 is 0 Å². The molecule has 0 aromatic heterocycles. The third-order valence-electron chi connectivity index (χ3n) is 2.19. The second kappa shape index (κ2) is 4.64. The van der Waals surface area contributed by atoms with E-state index in [9.17, 15) is 8.78 Å². The quantitative estimate of drug-likeness (QED) is 0.578. The van der Waals surface area contributed by atoms with E-state index in [0.717, 1.165) is 0 Å². The fourth-order valence-corrected chi connectivity index (χ4v) is 0.867. The molecule has 0 saturated carbocycles. The molecule has 0 saturated heterocycles. The first-order valence-corrected chi connectivity index (χ1v) is 3.75. The van der Waals surface area contributed by atoms with Crippen LogP contribution in [0.15, 0.2) is 0 Å². The first-order valence-electron chi connectivity index (χ1n) is 3.75. The molecule has 0 heterocycles. The lowest BCUT2D eigenvalue weighted by molar-refractivity contribution is 0.183. The third kappa shape index (κ3) is 2.63. The Bertz CT molecular complexity index is 77.3. The first-order chi connectivity index (χ1) is 4.63. The van der Waals surface area contributed by atoms with Crippen LogP contribution in [0, 0.1) is 17.8 Å². The number of alkyl halides is 2. The van der Waals surface area contributed by atoms with Crippen LogP contribution < -0.4 is 0 Å². The molecule has 0 rings (SSSR count). The lowest BCUT2D eigenvalue weighted by Crippen LogP contribution is -2.20. The summed E-state index contributed by atoms with van der Waals surface area (Å²) < 4.78 is 24.1. The second-order valence-electron chi connectivity index (χ2n) is 3.17. The topological polar surface area (TPSA) is 0 Å². The van der Waals surface area contributed by atoms with E-state index >= 15 is 0 Å². The van der Waals surface area contributed by atoms with Crippen LogP contribution >= 0.6 is 0 Å². The molecule has 2 heteroatoms. The predicted molar refractivity (Wildman–Crippen MR) is 39.4 cm³/mol. The summed E-state index contributed by atoms with van der Waals surface area (Å²) in [5.41, 5.74) is 0. The fraction of sp³-hybridized carbons (Fsp3) is 1.00. The van der Waals surface area contributed by atoms with Crippen LogP contribution in [0.5, 0.6) is 0 Å². The molecule has 0 N–H and O–H groups in total. The highest BCUT2D eigenvalue weighted by Gasteiger charge is 2.19. The van der Waals surface area contributed by atoms with Crippen molar-refractivity contribution in [1.29, 1.82) is 0 Å². The third-order valence-corrected chi connectivity index (χ3v) is 2.19. The number of hydrogen-bond donors (Lipinski definition) is 0. The molecule has 0 radical (unpaired) electrons. The van der Waals surface area contributed by atoms with E-state index in [1.165, 1.54) is 0 Å². The summed E-state index contributed by atoms with van der Waals surface area (Å²) in [6.45, 7) is 4.81. The average molecular weight is 150 g/mol. The van der Waals surface area contributed by atoms with Crippen molar-refractivity contribution in [3.63, 3.8) is 0 Å². The monoisotopic (exact) mass is 150 g/mol. The molecule has 0 aromatic rings. The van der Waals surface area contributed by atoms with Crippen molar-refractivity contribution in [3.05, 3.63) is 0 Å². The molecule has 1 atom stereocenters. The molecule has 0 bridgehead atoms. The Morgan fingerprint density at radius 2 is 1.40 bits per heavy atom. The van der Waals surface area contributed by atoms with E-state index in [0.29, 0.717) is 5.92 Å². The van der Waals surface area contributed by atoms with Gasteiger partial charge in [0.05, 0.1) is 13.3 Å². The second-order valence-corrected chi connectivity index (χ2v) is 3.17. The molecule has 1 unspecified atom stereocenters. The number of rotatable bonds is 4. The van der Waals surface area contributed by atoms with Gasteiger partial charge in [0.1, 0.15) is 0 Å².